The van der Waals surface area contributed by atoms with Crippen molar-refractivity contribution in [1.29, 1.82) is 0 Å². The van der Waals surface area contributed by atoms with Crippen LogP contribution in [0.15, 0.2) is 77.3 Å². The van der Waals surface area contributed by atoms with Gasteiger partial charge in [0.2, 0.25) is 0 Å². The largest absolute Gasteiger partial charge is 0.482 e. The highest BCUT2D eigenvalue weighted by molar-refractivity contribution is 5.97. The molecule has 1 unspecified atom stereocenters. The number of hydrogen-bond donors (Lipinski definition) is 0. The predicted molar refractivity (Wildman–Crippen MR) is 125 cm³/mol. The van der Waals surface area contributed by atoms with Crippen LogP contribution in [0, 0.1) is 0 Å². The molecule has 4 aromatic rings. The molecule has 1 fully saturated rings. The molecule has 1 aliphatic rings. The number of Topliss-reactive ketones (excluding diaryl/α,β-unsaturated/α-hetero) is 1. The monoisotopic (exact) mass is 426 g/mol. The minimum atomic E-state index is -0.314. The van der Waals surface area contributed by atoms with Crippen LogP contribution in [0.3, 0.4) is 0 Å². The molecule has 1 aliphatic heterocycles. The molecule has 32 heavy (non-hydrogen) atoms. The van der Waals surface area contributed by atoms with Crippen molar-refractivity contribution in [3.05, 3.63) is 84.3 Å². The average molecular weight is 427 g/mol. The lowest BCUT2D eigenvalue weighted by Gasteiger charge is -2.26. The first-order valence-corrected chi connectivity index (χ1v) is 10.9. The van der Waals surface area contributed by atoms with Crippen molar-refractivity contribution in [2.24, 2.45) is 0 Å². The Balaban J connectivity index is 1.27. The molecule has 1 atom stereocenters. The summed E-state index contributed by atoms with van der Waals surface area (Å²) < 4.78 is 12.3. The smallest absolute Gasteiger partial charge is 0.194 e. The molecule has 0 spiro atoms. The van der Waals surface area contributed by atoms with Crippen LogP contribution >= 0.6 is 0 Å². The standard InChI is InChI=1S/C27H26N2O3/c1-19(30)25-16-22-6-5-8-24(26(22)31-25)32-27(2)13-15-29(18-27)17-20-9-11-21(12-10-20)23-7-3-4-14-28-23/h3-12,14,16H,13,15,17-18H2,1-2H3. The van der Waals surface area contributed by atoms with Gasteiger partial charge in [0.25, 0.3) is 0 Å². The van der Waals surface area contributed by atoms with E-state index in [1.54, 1.807) is 6.07 Å². The minimum Gasteiger partial charge on any atom is -0.482 e. The van der Waals surface area contributed by atoms with E-state index in [0.717, 1.165) is 42.7 Å². The summed E-state index contributed by atoms with van der Waals surface area (Å²) in [6.45, 7) is 6.32. The van der Waals surface area contributed by atoms with Crippen molar-refractivity contribution < 1.29 is 13.9 Å². The zero-order chi connectivity index (χ0) is 22.1. The first kappa shape index (κ1) is 20.5. The lowest BCUT2D eigenvalue weighted by molar-refractivity contribution is 0.0949. The minimum absolute atomic E-state index is 0.0838. The van der Waals surface area contributed by atoms with Crippen molar-refractivity contribution >= 4 is 16.8 Å². The summed E-state index contributed by atoms with van der Waals surface area (Å²) in [5, 5.41) is 0.888. The number of hydrogen-bond acceptors (Lipinski definition) is 5. The normalized spacial score (nSPS) is 18.8. The van der Waals surface area contributed by atoms with Gasteiger partial charge >= 0.3 is 0 Å². The van der Waals surface area contributed by atoms with E-state index in [9.17, 15) is 4.79 Å². The number of furan rings is 1. The quantitative estimate of drug-likeness (QED) is 0.368. The van der Waals surface area contributed by atoms with Gasteiger partial charge in [-0.05, 0) is 36.8 Å². The number of para-hydroxylation sites is 1. The molecule has 2 aromatic heterocycles. The Morgan fingerprint density at radius 2 is 1.97 bits per heavy atom. The summed E-state index contributed by atoms with van der Waals surface area (Å²) in [7, 11) is 0. The fourth-order valence-corrected chi connectivity index (χ4v) is 4.37. The maximum atomic E-state index is 11.7. The summed E-state index contributed by atoms with van der Waals surface area (Å²) in [6.07, 6.45) is 2.74. The molecule has 0 saturated carbocycles. The van der Waals surface area contributed by atoms with E-state index in [4.69, 9.17) is 9.15 Å². The Bertz CT molecular complexity index is 1250. The zero-order valence-corrected chi connectivity index (χ0v) is 18.4. The molecule has 0 amide bonds. The van der Waals surface area contributed by atoms with E-state index in [-0.39, 0.29) is 11.4 Å². The summed E-state index contributed by atoms with van der Waals surface area (Å²) in [6, 6.07) is 22.2. The van der Waals surface area contributed by atoms with Gasteiger partial charge in [-0.25, -0.2) is 0 Å². The molecule has 5 rings (SSSR count). The van der Waals surface area contributed by atoms with E-state index in [2.05, 4.69) is 41.1 Å². The molecule has 0 radical (unpaired) electrons. The number of carbonyl (C=O) groups is 1. The lowest BCUT2D eigenvalue weighted by atomic mass is 10.1. The molecule has 2 aromatic carbocycles. The van der Waals surface area contributed by atoms with E-state index in [0.29, 0.717) is 17.1 Å². The van der Waals surface area contributed by atoms with E-state index in [1.807, 2.05) is 42.6 Å². The van der Waals surface area contributed by atoms with Crippen molar-refractivity contribution in [3.8, 4) is 17.0 Å². The second-order valence-electron chi connectivity index (χ2n) is 8.77. The third kappa shape index (κ3) is 4.16. The molecule has 5 nitrogen and oxygen atoms in total. The maximum absolute atomic E-state index is 11.7. The van der Waals surface area contributed by atoms with Gasteiger partial charge in [0.05, 0.1) is 5.69 Å². The van der Waals surface area contributed by atoms with Crippen LogP contribution in [0.2, 0.25) is 0 Å². The molecule has 162 valence electrons. The molecular weight excluding hydrogens is 400 g/mol. The van der Waals surface area contributed by atoms with Crippen molar-refractivity contribution in [1.82, 2.24) is 9.88 Å². The van der Waals surface area contributed by atoms with Crippen molar-refractivity contribution in [2.75, 3.05) is 13.1 Å². The van der Waals surface area contributed by atoms with Gasteiger partial charge in [-0.15, -0.1) is 0 Å². The second kappa shape index (κ2) is 8.24. The summed E-state index contributed by atoms with van der Waals surface area (Å²) in [5.41, 5.74) is 3.71. The van der Waals surface area contributed by atoms with Gasteiger partial charge < -0.3 is 9.15 Å². The number of ketones is 1. The number of carbonyl (C=O) groups excluding carboxylic acids is 1. The Labute approximate surface area is 187 Å². The molecule has 0 bridgehead atoms. The second-order valence-corrected chi connectivity index (χ2v) is 8.77. The topological polar surface area (TPSA) is 55.6 Å². The van der Waals surface area contributed by atoms with E-state index in [1.165, 1.54) is 12.5 Å². The van der Waals surface area contributed by atoms with Crippen LogP contribution in [-0.2, 0) is 6.54 Å². The fraction of sp³-hybridized carbons (Fsp3) is 0.259. The molecule has 0 aliphatic carbocycles. The van der Waals surface area contributed by atoms with E-state index < -0.39 is 0 Å². The predicted octanol–water partition coefficient (Wildman–Crippen LogP) is 5.74. The molecule has 0 N–H and O–H groups in total. The number of likely N-dealkylation sites (tertiary alicyclic amines) is 1. The summed E-state index contributed by atoms with van der Waals surface area (Å²) >= 11 is 0. The van der Waals surface area contributed by atoms with Crippen LogP contribution in [-0.4, -0.2) is 34.4 Å². The third-order valence-electron chi connectivity index (χ3n) is 6.05. The molecule has 3 heterocycles. The van der Waals surface area contributed by atoms with Crippen molar-refractivity contribution in [2.45, 2.75) is 32.4 Å². The number of nitrogens with zero attached hydrogens (tertiary/aromatic N) is 2. The summed E-state index contributed by atoms with van der Waals surface area (Å²) in [5.74, 6) is 0.974. The van der Waals surface area contributed by atoms with Crippen LogP contribution < -0.4 is 4.74 Å². The van der Waals surface area contributed by atoms with Crippen LogP contribution in [0.5, 0.6) is 5.75 Å². The summed E-state index contributed by atoms with van der Waals surface area (Å²) in [4.78, 5) is 18.5. The number of benzene rings is 2. The van der Waals surface area contributed by atoms with Crippen molar-refractivity contribution in [3.63, 3.8) is 0 Å². The number of rotatable bonds is 6. The number of pyridine rings is 1. The Kier molecular flexibility index (Phi) is 5.27. The molecule has 5 heteroatoms. The fourth-order valence-electron chi connectivity index (χ4n) is 4.37. The van der Waals surface area contributed by atoms with Gasteiger partial charge in [0, 0.05) is 50.1 Å². The van der Waals surface area contributed by atoms with Gasteiger partial charge in [-0.3, -0.25) is 14.7 Å². The Morgan fingerprint density at radius 1 is 1.12 bits per heavy atom. The highest BCUT2D eigenvalue weighted by Gasteiger charge is 2.36. The highest BCUT2D eigenvalue weighted by Crippen LogP contribution is 2.34. The number of ether oxygens (including phenoxy) is 1. The number of fused-ring (bicyclic) bond motifs is 1. The molecular formula is C27H26N2O3. The third-order valence-corrected chi connectivity index (χ3v) is 6.05. The zero-order valence-electron chi connectivity index (χ0n) is 18.4. The Morgan fingerprint density at radius 3 is 2.72 bits per heavy atom. The number of aromatic nitrogens is 1. The van der Waals surface area contributed by atoms with Crippen LogP contribution in [0.25, 0.3) is 22.2 Å². The Hall–Kier alpha value is -3.44. The van der Waals surface area contributed by atoms with Gasteiger partial charge in [-0.1, -0.05) is 42.5 Å². The van der Waals surface area contributed by atoms with Gasteiger partial charge in [0.15, 0.2) is 22.9 Å². The lowest BCUT2D eigenvalue weighted by Crippen LogP contribution is -2.36. The van der Waals surface area contributed by atoms with Crippen LogP contribution in [0.4, 0.5) is 0 Å². The van der Waals surface area contributed by atoms with Gasteiger partial charge in [0.1, 0.15) is 5.60 Å². The maximum Gasteiger partial charge on any atom is 0.194 e. The molecule has 1 saturated heterocycles. The first-order chi connectivity index (χ1) is 15.5. The van der Waals surface area contributed by atoms with Crippen LogP contribution in [0.1, 0.15) is 36.4 Å². The highest BCUT2D eigenvalue weighted by atomic mass is 16.5. The first-order valence-electron chi connectivity index (χ1n) is 10.9. The van der Waals surface area contributed by atoms with Gasteiger partial charge in [-0.2, -0.15) is 0 Å². The average Bonchev–Trinajstić information content (AvgIpc) is 3.40. The van der Waals surface area contributed by atoms with E-state index >= 15 is 0 Å². The SMILES string of the molecule is CC(=O)c1cc2cccc(OC3(C)CCN(Cc4ccc(-c5ccccn5)cc4)C3)c2o1.